The van der Waals surface area contributed by atoms with E-state index in [9.17, 15) is 35.7 Å². The molecule has 0 heterocycles. The van der Waals surface area contributed by atoms with Crippen LogP contribution in [0.1, 0.15) is 12.0 Å². The van der Waals surface area contributed by atoms with Gasteiger partial charge in [-0.25, -0.2) is 4.79 Å². The molecule has 0 saturated heterocycles. The summed E-state index contributed by atoms with van der Waals surface area (Å²) >= 11 is 1.16. The van der Waals surface area contributed by atoms with Gasteiger partial charge in [-0.2, -0.15) is 38.1 Å². The summed E-state index contributed by atoms with van der Waals surface area (Å²) in [7, 11) is -5.07. The number of carbonyl (C=O) groups excluding carboxylic acids is 1. The zero-order chi connectivity index (χ0) is 22.8. The molecule has 0 aliphatic heterocycles. The number of benzene rings is 1. The molecule has 0 aliphatic rings. The second kappa shape index (κ2) is 11.8. The molecule has 1 amide bonds. The molecule has 1 aromatic rings. The van der Waals surface area contributed by atoms with E-state index in [0.29, 0.717) is 5.56 Å². The largest absolute Gasteiger partial charge is 0.445 e. The SMILES string of the molecule is CSCCC(NC(=O)OCc1ccccc1)P(=O)(OCC(F)(F)F)OCC(F)(F)F. The average molecular weight is 483 g/mol. The Morgan fingerprint density at radius 3 is 2.07 bits per heavy atom. The van der Waals surface area contributed by atoms with Crippen LogP contribution < -0.4 is 5.32 Å². The maximum Gasteiger partial charge on any atom is 0.412 e. The Labute approximate surface area is 173 Å². The summed E-state index contributed by atoms with van der Waals surface area (Å²) in [5.74, 6) is -1.64. The fraction of sp³-hybridized carbons (Fsp3) is 0.562. The van der Waals surface area contributed by atoms with Gasteiger partial charge in [-0.15, -0.1) is 0 Å². The van der Waals surface area contributed by atoms with E-state index in [1.54, 1.807) is 36.6 Å². The first kappa shape index (κ1) is 26.6. The maximum atomic E-state index is 12.8. The number of alkyl carbamates (subject to hydrolysis) is 1. The summed E-state index contributed by atoms with van der Waals surface area (Å²) in [6.07, 6.45) is -9.83. The summed E-state index contributed by atoms with van der Waals surface area (Å²) in [5.41, 5.74) is 0.582. The molecule has 1 atom stereocenters. The van der Waals surface area contributed by atoms with Crippen molar-refractivity contribution in [1.82, 2.24) is 5.32 Å². The number of ether oxygens (including phenoxy) is 1. The molecule has 0 aromatic heterocycles. The van der Waals surface area contributed by atoms with E-state index in [1.807, 2.05) is 5.32 Å². The lowest BCUT2D eigenvalue weighted by Crippen LogP contribution is -2.38. The van der Waals surface area contributed by atoms with Crippen LogP contribution in [0.2, 0.25) is 0 Å². The highest BCUT2D eigenvalue weighted by molar-refractivity contribution is 7.98. The summed E-state index contributed by atoms with van der Waals surface area (Å²) in [5, 5.41) is 2.01. The van der Waals surface area contributed by atoms with Gasteiger partial charge in [0.2, 0.25) is 0 Å². The van der Waals surface area contributed by atoms with Crippen LogP contribution in [-0.2, 0) is 25.0 Å². The number of amides is 1. The zero-order valence-corrected chi connectivity index (χ0v) is 17.4. The van der Waals surface area contributed by atoms with Crippen LogP contribution in [0.3, 0.4) is 0 Å². The molecule has 6 nitrogen and oxygen atoms in total. The normalized spacial score (nSPS) is 13.7. The van der Waals surface area contributed by atoms with Crippen LogP contribution in [0.4, 0.5) is 31.1 Å². The molecule has 0 bridgehead atoms. The molecule has 1 rings (SSSR count). The standard InChI is InChI=1S/C16H20F6NO5PS/c1-30-8-7-13(23-14(24)26-9-12-5-3-2-4-6-12)29(25,27-10-15(17,18)19)28-11-16(20,21)22/h2-6,13H,7-11H2,1H3,(H,23,24). The molecule has 30 heavy (non-hydrogen) atoms. The van der Waals surface area contributed by atoms with Crippen molar-refractivity contribution in [3.05, 3.63) is 35.9 Å². The molecule has 1 N–H and O–H groups in total. The van der Waals surface area contributed by atoms with Crippen molar-refractivity contribution >= 4 is 25.5 Å². The average Bonchev–Trinajstić information content (AvgIpc) is 2.66. The lowest BCUT2D eigenvalue weighted by atomic mass is 10.2. The van der Waals surface area contributed by atoms with E-state index >= 15 is 0 Å². The molecule has 1 aromatic carbocycles. The zero-order valence-electron chi connectivity index (χ0n) is 15.7. The van der Waals surface area contributed by atoms with Crippen molar-refractivity contribution < 1.29 is 49.5 Å². The quantitative estimate of drug-likeness (QED) is 0.338. The molecule has 172 valence electrons. The van der Waals surface area contributed by atoms with Crippen molar-refractivity contribution in [3.8, 4) is 0 Å². The fourth-order valence-electron chi connectivity index (χ4n) is 1.98. The van der Waals surface area contributed by atoms with Gasteiger partial charge in [0.25, 0.3) is 0 Å². The molecule has 0 saturated carbocycles. The molecule has 0 fully saturated rings. The summed E-state index contributed by atoms with van der Waals surface area (Å²) < 4.78 is 101. The minimum Gasteiger partial charge on any atom is -0.445 e. The van der Waals surface area contributed by atoms with Crippen LogP contribution in [-0.4, -0.2) is 49.5 Å². The molecule has 0 spiro atoms. The summed E-state index contributed by atoms with van der Waals surface area (Å²) in [6.45, 7) is -4.45. The smallest absolute Gasteiger partial charge is 0.412 e. The molecule has 1 unspecified atom stereocenters. The lowest BCUT2D eigenvalue weighted by Gasteiger charge is -2.28. The Morgan fingerprint density at radius 1 is 1.07 bits per heavy atom. The molecular weight excluding hydrogens is 463 g/mol. The number of thioether (sulfide) groups is 1. The molecular formula is C16H20F6NO5PS. The number of alkyl halides is 6. The van der Waals surface area contributed by atoms with Crippen molar-refractivity contribution in [3.63, 3.8) is 0 Å². The number of nitrogens with one attached hydrogen (secondary N) is 1. The number of halogens is 6. The number of hydrogen-bond acceptors (Lipinski definition) is 6. The van der Waals surface area contributed by atoms with E-state index in [0.717, 1.165) is 11.8 Å². The van der Waals surface area contributed by atoms with Crippen molar-refractivity contribution in [2.45, 2.75) is 31.2 Å². The van der Waals surface area contributed by atoms with Crippen LogP contribution in [0.25, 0.3) is 0 Å². The molecule has 0 radical (unpaired) electrons. The predicted molar refractivity (Wildman–Crippen MR) is 98.2 cm³/mol. The van der Waals surface area contributed by atoms with E-state index in [4.69, 9.17) is 4.74 Å². The number of hydrogen-bond donors (Lipinski definition) is 1. The van der Waals surface area contributed by atoms with E-state index in [1.165, 1.54) is 0 Å². The van der Waals surface area contributed by atoms with Crippen molar-refractivity contribution in [2.75, 3.05) is 25.2 Å². The van der Waals surface area contributed by atoms with Crippen LogP contribution >= 0.6 is 19.4 Å². The van der Waals surface area contributed by atoms with Gasteiger partial charge in [0.15, 0.2) is 13.2 Å². The fourth-order valence-corrected chi connectivity index (χ4v) is 4.43. The Bertz CT molecular complexity index is 682. The topological polar surface area (TPSA) is 73.9 Å². The number of rotatable bonds is 11. The minimum absolute atomic E-state index is 0.137. The Morgan fingerprint density at radius 2 is 1.60 bits per heavy atom. The summed E-state index contributed by atoms with van der Waals surface area (Å²) in [4.78, 5) is 12.0. The monoisotopic (exact) mass is 483 g/mol. The summed E-state index contributed by atoms with van der Waals surface area (Å²) in [6, 6.07) is 8.31. The van der Waals surface area contributed by atoms with Gasteiger partial charge < -0.3 is 10.1 Å². The first-order chi connectivity index (χ1) is 13.8. The third-order valence-electron chi connectivity index (χ3n) is 3.29. The van der Waals surface area contributed by atoms with E-state index in [2.05, 4.69) is 9.05 Å². The third kappa shape index (κ3) is 11.1. The van der Waals surface area contributed by atoms with Gasteiger partial charge in [0.1, 0.15) is 12.4 Å². The molecule has 14 heteroatoms. The van der Waals surface area contributed by atoms with Crippen molar-refractivity contribution in [2.24, 2.45) is 0 Å². The van der Waals surface area contributed by atoms with E-state index < -0.39 is 45.0 Å². The predicted octanol–water partition coefficient (Wildman–Crippen LogP) is 5.34. The highest BCUT2D eigenvalue weighted by Crippen LogP contribution is 2.55. The first-order valence-corrected chi connectivity index (χ1v) is 11.3. The first-order valence-electron chi connectivity index (χ1n) is 8.33. The Hall–Kier alpha value is -1.43. The van der Waals surface area contributed by atoms with Gasteiger partial charge in [-0.05, 0) is 24.0 Å². The van der Waals surface area contributed by atoms with Gasteiger partial charge >= 0.3 is 26.0 Å². The highest BCUT2D eigenvalue weighted by Gasteiger charge is 2.44. The van der Waals surface area contributed by atoms with Crippen LogP contribution in [0.15, 0.2) is 30.3 Å². The Balaban J connectivity index is 2.93. The van der Waals surface area contributed by atoms with E-state index in [-0.39, 0.29) is 18.8 Å². The lowest BCUT2D eigenvalue weighted by molar-refractivity contribution is -0.165. The third-order valence-corrected chi connectivity index (χ3v) is 6.06. The molecule has 0 aliphatic carbocycles. The maximum absolute atomic E-state index is 12.8. The van der Waals surface area contributed by atoms with Crippen LogP contribution in [0.5, 0.6) is 0 Å². The second-order valence-electron chi connectivity index (χ2n) is 5.82. The van der Waals surface area contributed by atoms with Gasteiger partial charge in [-0.3, -0.25) is 13.6 Å². The van der Waals surface area contributed by atoms with Gasteiger partial charge in [0, 0.05) is 0 Å². The highest BCUT2D eigenvalue weighted by atomic mass is 32.2. The second-order valence-corrected chi connectivity index (χ2v) is 9.03. The number of carbonyl (C=O) groups is 1. The van der Waals surface area contributed by atoms with Crippen LogP contribution in [0, 0.1) is 0 Å². The van der Waals surface area contributed by atoms with Gasteiger partial charge in [-0.1, -0.05) is 30.3 Å². The van der Waals surface area contributed by atoms with Crippen molar-refractivity contribution in [1.29, 1.82) is 0 Å². The van der Waals surface area contributed by atoms with Gasteiger partial charge in [0.05, 0.1) is 0 Å². The Kier molecular flexibility index (Phi) is 10.5. The minimum atomic E-state index is -5.07.